The number of aryl methyl sites for hydroxylation is 2. The number of halogens is 1. The van der Waals surface area contributed by atoms with E-state index in [9.17, 15) is 9.59 Å². The molecule has 0 atom stereocenters. The van der Waals surface area contributed by atoms with Crippen molar-refractivity contribution in [3.05, 3.63) is 83.1 Å². The Morgan fingerprint density at radius 1 is 1.06 bits per heavy atom. The molecular weight excluding hydrogens is 430 g/mol. The van der Waals surface area contributed by atoms with Crippen LogP contribution in [0.3, 0.4) is 0 Å². The molecule has 1 amide bonds. The average Bonchev–Trinajstić information content (AvgIpc) is 3.36. The molecule has 2 aromatic carbocycles. The zero-order chi connectivity index (χ0) is 22.7. The van der Waals surface area contributed by atoms with E-state index in [0.717, 1.165) is 11.4 Å². The van der Waals surface area contributed by atoms with Crippen LogP contribution in [0, 0.1) is 6.92 Å². The fraction of sp³-hybridized carbons (Fsp3) is 0.130. The molecule has 0 aliphatic carbocycles. The molecule has 2 aromatic heterocycles. The number of nitrogens with zero attached hydrogens (tertiary/aromatic N) is 4. The first-order chi connectivity index (χ1) is 15.4. The Labute approximate surface area is 189 Å². The number of benzene rings is 2. The number of para-hydroxylation sites is 1. The minimum Gasteiger partial charge on any atom is -0.452 e. The standard InChI is InChI=1S/C23H20ClN5O3/c1-15-12-20(28(2)26-15)25-21(30)14-32-23(31)19-13-29(18-6-4-3-5-7-18)27-22(19)16-8-10-17(24)11-9-16/h3-13H,14H2,1-2H3,(H,25,30). The van der Waals surface area contributed by atoms with Gasteiger partial charge in [0.15, 0.2) is 6.61 Å². The van der Waals surface area contributed by atoms with Gasteiger partial charge in [-0.15, -0.1) is 0 Å². The molecule has 162 valence electrons. The van der Waals surface area contributed by atoms with Crippen LogP contribution in [-0.4, -0.2) is 38.0 Å². The van der Waals surface area contributed by atoms with Gasteiger partial charge in [0.25, 0.3) is 5.91 Å². The number of hydrogen-bond acceptors (Lipinski definition) is 5. The van der Waals surface area contributed by atoms with E-state index < -0.39 is 18.5 Å². The maximum atomic E-state index is 12.9. The summed E-state index contributed by atoms with van der Waals surface area (Å²) in [7, 11) is 1.71. The van der Waals surface area contributed by atoms with Gasteiger partial charge in [-0.05, 0) is 31.2 Å². The van der Waals surface area contributed by atoms with E-state index in [1.807, 2.05) is 37.3 Å². The molecule has 0 saturated carbocycles. The predicted octanol–water partition coefficient (Wildman–Crippen LogP) is 4.03. The van der Waals surface area contributed by atoms with Gasteiger partial charge < -0.3 is 10.1 Å². The van der Waals surface area contributed by atoms with Crippen LogP contribution in [0.1, 0.15) is 16.1 Å². The Hall–Kier alpha value is -3.91. The number of anilines is 1. The summed E-state index contributed by atoms with van der Waals surface area (Å²) in [6.07, 6.45) is 1.59. The van der Waals surface area contributed by atoms with Crippen molar-refractivity contribution in [3.8, 4) is 16.9 Å². The van der Waals surface area contributed by atoms with Crippen LogP contribution in [0.2, 0.25) is 5.02 Å². The van der Waals surface area contributed by atoms with Crippen LogP contribution in [-0.2, 0) is 16.6 Å². The number of carbonyl (C=O) groups is 2. The third-order valence-electron chi connectivity index (χ3n) is 4.68. The fourth-order valence-electron chi connectivity index (χ4n) is 3.17. The molecule has 0 unspecified atom stereocenters. The molecule has 0 spiro atoms. The number of aromatic nitrogens is 4. The monoisotopic (exact) mass is 449 g/mol. The SMILES string of the molecule is Cc1cc(NC(=O)COC(=O)c2cn(-c3ccccc3)nc2-c2ccc(Cl)cc2)n(C)n1. The van der Waals surface area contributed by atoms with Gasteiger partial charge in [0.1, 0.15) is 17.1 Å². The summed E-state index contributed by atoms with van der Waals surface area (Å²) < 4.78 is 8.42. The van der Waals surface area contributed by atoms with E-state index in [0.29, 0.717) is 22.1 Å². The summed E-state index contributed by atoms with van der Waals surface area (Å²) in [5, 5.41) is 12.0. The normalized spacial score (nSPS) is 10.7. The Morgan fingerprint density at radius 2 is 1.78 bits per heavy atom. The number of rotatable bonds is 6. The zero-order valence-corrected chi connectivity index (χ0v) is 18.2. The second-order valence-corrected chi connectivity index (χ2v) is 7.53. The molecule has 4 rings (SSSR count). The van der Waals surface area contributed by atoms with Gasteiger partial charge in [-0.25, -0.2) is 9.48 Å². The molecule has 9 heteroatoms. The highest BCUT2D eigenvalue weighted by Crippen LogP contribution is 2.26. The third-order valence-corrected chi connectivity index (χ3v) is 4.93. The Balaban J connectivity index is 1.56. The summed E-state index contributed by atoms with van der Waals surface area (Å²) in [6.45, 7) is 1.37. The van der Waals surface area contributed by atoms with Crippen molar-refractivity contribution < 1.29 is 14.3 Å². The first-order valence-corrected chi connectivity index (χ1v) is 10.2. The molecule has 32 heavy (non-hydrogen) atoms. The van der Waals surface area contributed by atoms with Gasteiger partial charge in [-0.3, -0.25) is 9.48 Å². The van der Waals surface area contributed by atoms with Crippen LogP contribution in [0.25, 0.3) is 16.9 Å². The van der Waals surface area contributed by atoms with E-state index >= 15 is 0 Å². The number of amides is 1. The van der Waals surface area contributed by atoms with Crippen molar-refractivity contribution in [2.45, 2.75) is 6.92 Å². The van der Waals surface area contributed by atoms with Gasteiger partial charge in [0.2, 0.25) is 0 Å². The number of nitrogens with one attached hydrogen (secondary N) is 1. The first kappa shape index (κ1) is 21.3. The van der Waals surface area contributed by atoms with Gasteiger partial charge in [0.05, 0.1) is 11.4 Å². The molecular formula is C23H20ClN5O3. The van der Waals surface area contributed by atoms with Crippen LogP contribution < -0.4 is 5.32 Å². The Morgan fingerprint density at radius 3 is 2.44 bits per heavy atom. The molecule has 2 heterocycles. The number of hydrogen-bond donors (Lipinski definition) is 1. The van der Waals surface area contributed by atoms with Crippen molar-refractivity contribution in [1.29, 1.82) is 0 Å². The van der Waals surface area contributed by atoms with E-state index in [-0.39, 0.29) is 5.56 Å². The first-order valence-electron chi connectivity index (χ1n) is 9.79. The quantitative estimate of drug-likeness (QED) is 0.449. The highest BCUT2D eigenvalue weighted by Gasteiger charge is 2.21. The van der Waals surface area contributed by atoms with Gasteiger partial charge >= 0.3 is 5.97 Å². The lowest BCUT2D eigenvalue weighted by Crippen LogP contribution is -2.22. The molecule has 0 radical (unpaired) electrons. The van der Waals surface area contributed by atoms with Crippen molar-refractivity contribution >= 4 is 29.3 Å². The maximum Gasteiger partial charge on any atom is 0.342 e. The van der Waals surface area contributed by atoms with Crippen molar-refractivity contribution in [1.82, 2.24) is 19.6 Å². The highest BCUT2D eigenvalue weighted by atomic mass is 35.5. The topological polar surface area (TPSA) is 91.0 Å². The second-order valence-electron chi connectivity index (χ2n) is 7.10. The lowest BCUT2D eigenvalue weighted by atomic mass is 10.1. The highest BCUT2D eigenvalue weighted by molar-refractivity contribution is 6.30. The van der Waals surface area contributed by atoms with Crippen molar-refractivity contribution in [2.75, 3.05) is 11.9 Å². The summed E-state index contributed by atoms with van der Waals surface area (Å²) >= 11 is 6.00. The minimum absolute atomic E-state index is 0.236. The fourth-order valence-corrected chi connectivity index (χ4v) is 3.30. The summed E-state index contributed by atoms with van der Waals surface area (Å²) in [5.41, 5.74) is 2.91. The molecule has 0 fully saturated rings. The number of esters is 1. The van der Waals surface area contributed by atoms with E-state index in [1.54, 1.807) is 48.3 Å². The summed E-state index contributed by atoms with van der Waals surface area (Å²) in [5.74, 6) is -0.611. The van der Waals surface area contributed by atoms with Crippen LogP contribution in [0.15, 0.2) is 66.9 Å². The largest absolute Gasteiger partial charge is 0.452 e. The van der Waals surface area contributed by atoms with Gasteiger partial charge in [-0.1, -0.05) is 41.9 Å². The summed E-state index contributed by atoms with van der Waals surface area (Å²) in [4.78, 5) is 25.1. The van der Waals surface area contributed by atoms with E-state index in [1.165, 1.54) is 4.68 Å². The van der Waals surface area contributed by atoms with E-state index in [2.05, 4.69) is 15.5 Å². The number of carbonyl (C=O) groups excluding carboxylic acids is 2. The predicted molar refractivity (Wildman–Crippen MR) is 121 cm³/mol. The van der Waals surface area contributed by atoms with Gasteiger partial charge in [0, 0.05) is 29.9 Å². The Kier molecular flexibility index (Phi) is 6.04. The molecule has 0 saturated heterocycles. The lowest BCUT2D eigenvalue weighted by molar-refractivity contribution is -0.119. The lowest BCUT2D eigenvalue weighted by Gasteiger charge is -2.07. The molecule has 0 aliphatic rings. The van der Waals surface area contributed by atoms with Crippen LogP contribution >= 0.6 is 11.6 Å². The average molecular weight is 450 g/mol. The minimum atomic E-state index is -0.659. The van der Waals surface area contributed by atoms with E-state index in [4.69, 9.17) is 16.3 Å². The molecule has 1 N–H and O–H groups in total. The van der Waals surface area contributed by atoms with Crippen LogP contribution in [0.5, 0.6) is 0 Å². The maximum absolute atomic E-state index is 12.9. The van der Waals surface area contributed by atoms with Crippen LogP contribution in [0.4, 0.5) is 5.82 Å². The Bertz CT molecular complexity index is 1260. The summed E-state index contributed by atoms with van der Waals surface area (Å²) in [6, 6.07) is 18.1. The smallest absolute Gasteiger partial charge is 0.342 e. The molecule has 0 bridgehead atoms. The van der Waals surface area contributed by atoms with Crippen molar-refractivity contribution in [2.24, 2.45) is 7.05 Å². The molecule has 4 aromatic rings. The second kappa shape index (κ2) is 9.07. The number of ether oxygens (including phenoxy) is 1. The molecule has 8 nitrogen and oxygen atoms in total. The third kappa shape index (κ3) is 4.70. The zero-order valence-electron chi connectivity index (χ0n) is 17.4. The van der Waals surface area contributed by atoms with Crippen molar-refractivity contribution in [3.63, 3.8) is 0 Å². The van der Waals surface area contributed by atoms with Gasteiger partial charge in [-0.2, -0.15) is 10.2 Å². The molecule has 0 aliphatic heterocycles.